The van der Waals surface area contributed by atoms with Gasteiger partial charge in [-0.2, -0.15) is 0 Å². The predicted molar refractivity (Wildman–Crippen MR) is 112 cm³/mol. The van der Waals surface area contributed by atoms with Crippen LogP contribution in [0.1, 0.15) is 17.3 Å². The minimum absolute atomic E-state index is 0.148. The van der Waals surface area contributed by atoms with Gasteiger partial charge in [-0.3, -0.25) is 4.99 Å². The second-order valence-corrected chi connectivity index (χ2v) is 8.10. The fourth-order valence-electron chi connectivity index (χ4n) is 3.43. The van der Waals surface area contributed by atoms with Gasteiger partial charge in [-0.25, -0.2) is 8.78 Å². The Labute approximate surface area is 169 Å². The van der Waals surface area contributed by atoms with Crippen LogP contribution in [0.25, 0.3) is 0 Å². The quantitative estimate of drug-likeness (QED) is 0.571. The molecule has 2 aromatic rings. The summed E-state index contributed by atoms with van der Waals surface area (Å²) < 4.78 is 27.2. The molecule has 0 saturated carbocycles. The lowest BCUT2D eigenvalue weighted by molar-refractivity contribution is 0.302. The van der Waals surface area contributed by atoms with E-state index in [1.807, 2.05) is 4.90 Å². The maximum atomic E-state index is 14.0. The van der Waals surface area contributed by atoms with Gasteiger partial charge in [0.25, 0.3) is 0 Å². The Bertz CT molecular complexity index is 794. The van der Waals surface area contributed by atoms with Crippen molar-refractivity contribution in [1.82, 2.24) is 15.5 Å². The molecule has 28 heavy (non-hydrogen) atoms. The van der Waals surface area contributed by atoms with Crippen molar-refractivity contribution in [3.05, 3.63) is 52.2 Å². The van der Waals surface area contributed by atoms with E-state index < -0.39 is 11.6 Å². The molecule has 0 radical (unpaired) electrons. The van der Waals surface area contributed by atoms with Crippen LogP contribution in [-0.2, 0) is 0 Å². The first-order valence-corrected chi connectivity index (χ1v) is 10.2. The SMILES string of the molecule is CN=C(NCC(c1cccs1)N(C)C)NC1CCN(c2ccc(F)cc2F)C1. The van der Waals surface area contributed by atoms with Crippen molar-refractivity contribution in [2.75, 3.05) is 45.7 Å². The monoisotopic (exact) mass is 407 g/mol. The van der Waals surface area contributed by atoms with E-state index in [9.17, 15) is 8.78 Å². The zero-order chi connectivity index (χ0) is 20.1. The van der Waals surface area contributed by atoms with E-state index in [1.165, 1.54) is 17.0 Å². The number of nitrogens with one attached hydrogen (secondary N) is 2. The molecule has 2 atom stereocenters. The van der Waals surface area contributed by atoms with Crippen LogP contribution in [0.2, 0.25) is 0 Å². The van der Waals surface area contributed by atoms with E-state index in [4.69, 9.17) is 0 Å². The highest BCUT2D eigenvalue weighted by molar-refractivity contribution is 7.10. The first-order chi connectivity index (χ1) is 13.5. The molecule has 1 aliphatic rings. The van der Waals surface area contributed by atoms with Crippen molar-refractivity contribution in [1.29, 1.82) is 0 Å². The molecule has 2 heterocycles. The number of thiophene rings is 1. The molecule has 2 unspecified atom stereocenters. The summed E-state index contributed by atoms with van der Waals surface area (Å²) in [4.78, 5) is 9.75. The molecule has 1 aliphatic heterocycles. The lowest BCUT2D eigenvalue weighted by Gasteiger charge is -2.25. The van der Waals surface area contributed by atoms with E-state index in [0.717, 1.165) is 25.0 Å². The van der Waals surface area contributed by atoms with Crippen molar-refractivity contribution in [2.24, 2.45) is 4.99 Å². The first kappa shape index (κ1) is 20.5. The molecule has 2 N–H and O–H groups in total. The Kier molecular flexibility index (Phi) is 6.85. The van der Waals surface area contributed by atoms with Gasteiger partial charge < -0.3 is 20.4 Å². The molecule has 152 valence electrons. The van der Waals surface area contributed by atoms with E-state index >= 15 is 0 Å². The van der Waals surface area contributed by atoms with Crippen molar-refractivity contribution < 1.29 is 8.78 Å². The van der Waals surface area contributed by atoms with Crippen LogP contribution in [0.15, 0.2) is 40.7 Å². The molecule has 3 rings (SSSR count). The van der Waals surface area contributed by atoms with Gasteiger partial charge in [0, 0.05) is 43.7 Å². The molecular weight excluding hydrogens is 380 g/mol. The third-order valence-corrected chi connectivity index (χ3v) is 5.93. The van der Waals surface area contributed by atoms with Crippen molar-refractivity contribution in [2.45, 2.75) is 18.5 Å². The number of benzene rings is 1. The molecule has 1 aromatic heterocycles. The number of anilines is 1. The van der Waals surface area contributed by atoms with Crippen LogP contribution in [0.4, 0.5) is 14.5 Å². The molecule has 0 amide bonds. The van der Waals surface area contributed by atoms with E-state index in [2.05, 4.69) is 52.1 Å². The summed E-state index contributed by atoms with van der Waals surface area (Å²) in [5.74, 6) is -0.344. The second kappa shape index (κ2) is 9.34. The maximum absolute atomic E-state index is 14.0. The Morgan fingerprint density at radius 3 is 2.82 bits per heavy atom. The van der Waals surface area contributed by atoms with Crippen LogP contribution in [0, 0.1) is 11.6 Å². The van der Waals surface area contributed by atoms with Crippen LogP contribution in [0.5, 0.6) is 0 Å². The van der Waals surface area contributed by atoms with Crippen LogP contribution in [-0.4, -0.2) is 57.7 Å². The fourth-order valence-corrected chi connectivity index (χ4v) is 4.36. The largest absolute Gasteiger partial charge is 0.367 e. The highest BCUT2D eigenvalue weighted by Crippen LogP contribution is 2.25. The van der Waals surface area contributed by atoms with Gasteiger partial charge in [-0.05, 0) is 44.1 Å². The van der Waals surface area contributed by atoms with Crippen molar-refractivity contribution >= 4 is 23.0 Å². The normalized spacial score (nSPS) is 18.6. The minimum atomic E-state index is -0.555. The molecule has 1 saturated heterocycles. The molecule has 0 bridgehead atoms. The molecule has 0 aliphatic carbocycles. The molecule has 1 fully saturated rings. The third-order valence-electron chi connectivity index (χ3n) is 4.96. The zero-order valence-corrected chi connectivity index (χ0v) is 17.3. The number of rotatable bonds is 6. The van der Waals surface area contributed by atoms with E-state index in [1.54, 1.807) is 18.4 Å². The van der Waals surface area contributed by atoms with Gasteiger partial charge in [-0.1, -0.05) is 6.07 Å². The number of likely N-dealkylation sites (N-methyl/N-ethyl adjacent to an activating group) is 1. The molecule has 8 heteroatoms. The summed E-state index contributed by atoms with van der Waals surface area (Å²) in [6, 6.07) is 8.34. The number of hydrogen-bond acceptors (Lipinski definition) is 4. The van der Waals surface area contributed by atoms with Crippen LogP contribution < -0.4 is 15.5 Å². The molecule has 0 spiro atoms. The number of nitrogens with zero attached hydrogens (tertiary/aromatic N) is 3. The fraction of sp³-hybridized carbons (Fsp3) is 0.450. The predicted octanol–water partition coefficient (Wildman–Crippen LogP) is 3.07. The minimum Gasteiger partial charge on any atom is -0.367 e. The third kappa shape index (κ3) is 4.99. The smallest absolute Gasteiger partial charge is 0.191 e. The van der Waals surface area contributed by atoms with Gasteiger partial charge in [0.1, 0.15) is 11.6 Å². The second-order valence-electron chi connectivity index (χ2n) is 7.12. The first-order valence-electron chi connectivity index (χ1n) is 9.35. The average molecular weight is 408 g/mol. The highest BCUT2D eigenvalue weighted by Gasteiger charge is 2.25. The summed E-state index contributed by atoms with van der Waals surface area (Å²) in [7, 11) is 5.88. The van der Waals surface area contributed by atoms with Crippen molar-refractivity contribution in [3.8, 4) is 0 Å². The zero-order valence-electron chi connectivity index (χ0n) is 16.5. The lowest BCUT2D eigenvalue weighted by Crippen LogP contribution is -2.46. The average Bonchev–Trinajstić information content (AvgIpc) is 3.33. The maximum Gasteiger partial charge on any atom is 0.191 e. The van der Waals surface area contributed by atoms with Crippen LogP contribution >= 0.6 is 11.3 Å². The Morgan fingerprint density at radius 2 is 2.18 bits per heavy atom. The number of guanidine groups is 1. The van der Waals surface area contributed by atoms with Gasteiger partial charge >= 0.3 is 0 Å². The topological polar surface area (TPSA) is 42.9 Å². The Balaban J connectivity index is 1.55. The molecule has 1 aromatic carbocycles. The van der Waals surface area contributed by atoms with Crippen LogP contribution in [0.3, 0.4) is 0 Å². The summed E-state index contributed by atoms with van der Waals surface area (Å²) in [5, 5.41) is 8.91. The Morgan fingerprint density at radius 1 is 1.36 bits per heavy atom. The summed E-state index contributed by atoms with van der Waals surface area (Å²) in [6.07, 6.45) is 0.861. The Hall–Kier alpha value is -2.19. The molecular formula is C20H27F2N5S. The van der Waals surface area contributed by atoms with Gasteiger partial charge in [0.05, 0.1) is 11.7 Å². The number of hydrogen-bond donors (Lipinski definition) is 2. The number of halogens is 2. The van der Waals surface area contributed by atoms with Gasteiger partial charge in [-0.15, -0.1) is 11.3 Å². The van der Waals surface area contributed by atoms with Crippen molar-refractivity contribution in [3.63, 3.8) is 0 Å². The summed E-state index contributed by atoms with van der Waals surface area (Å²) in [6.45, 7) is 2.09. The highest BCUT2D eigenvalue weighted by atomic mass is 32.1. The number of aliphatic imine (C=N–C) groups is 1. The van der Waals surface area contributed by atoms with E-state index in [0.29, 0.717) is 18.8 Å². The van der Waals surface area contributed by atoms with E-state index in [-0.39, 0.29) is 12.1 Å². The summed E-state index contributed by atoms with van der Waals surface area (Å²) >= 11 is 1.74. The molecule has 5 nitrogen and oxygen atoms in total. The lowest BCUT2D eigenvalue weighted by atomic mass is 10.2. The summed E-state index contributed by atoms with van der Waals surface area (Å²) in [5.41, 5.74) is 0.444. The standard InChI is InChI=1S/C20H27F2N5S/c1-23-20(24-12-18(26(2)3)19-5-4-10-28-19)25-15-8-9-27(13-15)17-7-6-14(21)11-16(17)22/h4-7,10-11,15,18H,8-9,12-13H2,1-3H3,(H2,23,24,25). The van der Waals surface area contributed by atoms with Gasteiger partial charge in [0.2, 0.25) is 0 Å². The van der Waals surface area contributed by atoms with Gasteiger partial charge in [0.15, 0.2) is 5.96 Å².